The third-order valence-electron chi connectivity index (χ3n) is 5.85. The van der Waals surface area contributed by atoms with Crippen molar-refractivity contribution in [3.05, 3.63) is 65.2 Å². The second-order valence-electron chi connectivity index (χ2n) is 8.11. The van der Waals surface area contributed by atoms with Crippen molar-refractivity contribution in [3.63, 3.8) is 0 Å². The van der Waals surface area contributed by atoms with Gasteiger partial charge in [0, 0.05) is 20.2 Å². The first kappa shape index (κ1) is 25.5. The SMILES string of the molecule is CCC(C)C(C(=O)NCc1ccc(S(=O)(=O)NCCOC)cc1)N1C(=O)c2ccccc2C1=O. The highest BCUT2D eigenvalue weighted by atomic mass is 32.2. The van der Waals surface area contributed by atoms with E-state index in [-0.39, 0.29) is 30.5 Å². The molecule has 0 aromatic heterocycles. The van der Waals surface area contributed by atoms with Crippen molar-refractivity contribution in [2.45, 2.75) is 37.8 Å². The Labute approximate surface area is 199 Å². The molecule has 2 unspecified atom stereocenters. The molecule has 34 heavy (non-hydrogen) atoms. The number of sulfonamides is 1. The molecule has 3 rings (SSSR count). The van der Waals surface area contributed by atoms with Crippen LogP contribution < -0.4 is 10.0 Å². The molecule has 2 N–H and O–H groups in total. The standard InChI is InChI=1S/C24H29N3O6S/c1-4-16(2)21(27-23(29)19-7-5-6-8-20(19)24(27)30)22(28)25-15-17-9-11-18(12-10-17)34(31,32)26-13-14-33-3/h5-12,16,21,26H,4,13-15H2,1-3H3,(H,25,28). The van der Waals surface area contributed by atoms with Crippen molar-refractivity contribution in [2.75, 3.05) is 20.3 Å². The zero-order valence-electron chi connectivity index (χ0n) is 19.4. The second-order valence-corrected chi connectivity index (χ2v) is 9.88. The van der Waals surface area contributed by atoms with Gasteiger partial charge in [0.1, 0.15) is 6.04 Å². The maximum Gasteiger partial charge on any atom is 0.262 e. The fraction of sp³-hybridized carbons (Fsp3) is 0.375. The number of hydrogen-bond donors (Lipinski definition) is 2. The van der Waals surface area contributed by atoms with Crippen molar-refractivity contribution >= 4 is 27.7 Å². The van der Waals surface area contributed by atoms with E-state index in [4.69, 9.17) is 4.74 Å². The third-order valence-corrected chi connectivity index (χ3v) is 7.33. The number of carbonyl (C=O) groups excluding carboxylic acids is 3. The number of benzene rings is 2. The van der Waals surface area contributed by atoms with Crippen LogP contribution in [0.2, 0.25) is 0 Å². The van der Waals surface area contributed by atoms with E-state index in [1.807, 2.05) is 13.8 Å². The molecule has 0 saturated heterocycles. The summed E-state index contributed by atoms with van der Waals surface area (Å²) in [5.41, 5.74) is 1.27. The molecule has 2 aromatic carbocycles. The number of imide groups is 1. The van der Waals surface area contributed by atoms with Gasteiger partial charge in [-0.15, -0.1) is 0 Å². The molecule has 0 saturated carbocycles. The smallest absolute Gasteiger partial charge is 0.262 e. The van der Waals surface area contributed by atoms with Crippen LogP contribution in [0.4, 0.5) is 0 Å². The van der Waals surface area contributed by atoms with Crippen LogP contribution in [0.1, 0.15) is 46.5 Å². The summed E-state index contributed by atoms with van der Waals surface area (Å²) in [6.07, 6.45) is 0.591. The highest BCUT2D eigenvalue weighted by Gasteiger charge is 2.44. The topological polar surface area (TPSA) is 122 Å². The Hall–Kier alpha value is -3.08. The molecule has 182 valence electrons. The van der Waals surface area contributed by atoms with Crippen LogP contribution in [0.3, 0.4) is 0 Å². The normalized spacial score (nSPS) is 15.2. The number of fused-ring (bicyclic) bond motifs is 1. The Kier molecular flexibility index (Phi) is 8.19. The van der Waals surface area contributed by atoms with Gasteiger partial charge < -0.3 is 10.1 Å². The zero-order chi connectivity index (χ0) is 24.9. The van der Waals surface area contributed by atoms with Gasteiger partial charge in [0.25, 0.3) is 11.8 Å². The molecule has 1 aliphatic rings. The fourth-order valence-electron chi connectivity index (χ4n) is 3.76. The van der Waals surface area contributed by atoms with Crippen LogP contribution in [0.15, 0.2) is 53.4 Å². The van der Waals surface area contributed by atoms with Crippen LogP contribution in [0, 0.1) is 5.92 Å². The van der Waals surface area contributed by atoms with Crippen LogP contribution in [0.5, 0.6) is 0 Å². The van der Waals surface area contributed by atoms with Gasteiger partial charge >= 0.3 is 0 Å². The largest absolute Gasteiger partial charge is 0.383 e. The Morgan fingerprint density at radius 1 is 1.03 bits per heavy atom. The molecule has 0 aliphatic carbocycles. The molecule has 2 aromatic rings. The molecule has 1 heterocycles. The Morgan fingerprint density at radius 3 is 2.15 bits per heavy atom. The number of ether oxygens (including phenoxy) is 1. The number of methoxy groups -OCH3 is 1. The number of hydrogen-bond acceptors (Lipinski definition) is 6. The van der Waals surface area contributed by atoms with E-state index >= 15 is 0 Å². The monoisotopic (exact) mass is 487 g/mol. The Bertz CT molecular complexity index is 1130. The van der Waals surface area contributed by atoms with Gasteiger partial charge in [-0.05, 0) is 35.7 Å². The van der Waals surface area contributed by atoms with Crippen LogP contribution in [-0.2, 0) is 26.1 Å². The van der Waals surface area contributed by atoms with Gasteiger partial charge in [-0.25, -0.2) is 13.1 Å². The highest BCUT2D eigenvalue weighted by Crippen LogP contribution is 2.28. The lowest BCUT2D eigenvalue weighted by atomic mass is 9.96. The average Bonchev–Trinajstić information content (AvgIpc) is 3.08. The minimum absolute atomic E-state index is 0.0992. The van der Waals surface area contributed by atoms with Crippen LogP contribution in [-0.4, -0.2) is 57.3 Å². The minimum Gasteiger partial charge on any atom is -0.383 e. The first-order chi connectivity index (χ1) is 16.2. The van der Waals surface area contributed by atoms with E-state index in [2.05, 4.69) is 10.0 Å². The number of amides is 3. The number of nitrogens with one attached hydrogen (secondary N) is 2. The van der Waals surface area contributed by atoms with E-state index in [1.165, 1.54) is 19.2 Å². The summed E-state index contributed by atoms with van der Waals surface area (Å²) in [5.74, 6) is -1.65. The molecule has 0 fully saturated rings. The lowest BCUT2D eigenvalue weighted by Gasteiger charge is -2.29. The first-order valence-electron chi connectivity index (χ1n) is 11.0. The zero-order valence-corrected chi connectivity index (χ0v) is 20.2. The van der Waals surface area contributed by atoms with E-state index in [9.17, 15) is 22.8 Å². The molecular formula is C24H29N3O6S. The van der Waals surface area contributed by atoms with Gasteiger partial charge in [-0.3, -0.25) is 19.3 Å². The summed E-state index contributed by atoms with van der Waals surface area (Å²) in [4.78, 5) is 40.2. The predicted molar refractivity (Wildman–Crippen MR) is 126 cm³/mol. The molecular weight excluding hydrogens is 458 g/mol. The highest BCUT2D eigenvalue weighted by molar-refractivity contribution is 7.89. The van der Waals surface area contributed by atoms with Gasteiger partial charge in [0.05, 0.1) is 22.6 Å². The summed E-state index contributed by atoms with van der Waals surface area (Å²) < 4.78 is 31.8. The van der Waals surface area contributed by atoms with E-state index in [0.717, 1.165) is 4.90 Å². The maximum absolute atomic E-state index is 13.1. The second kappa shape index (κ2) is 10.9. The lowest BCUT2D eigenvalue weighted by molar-refractivity contribution is -0.126. The summed E-state index contributed by atoms with van der Waals surface area (Å²) >= 11 is 0. The van der Waals surface area contributed by atoms with Crippen molar-refractivity contribution in [1.29, 1.82) is 0 Å². The first-order valence-corrected chi connectivity index (χ1v) is 12.5. The molecule has 10 heteroatoms. The number of nitrogens with zero attached hydrogens (tertiary/aromatic N) is 1. The summed E-state index contributed by atoms with van der Waals surface area (Å²) in [6.45, 7) is 4.25. The van der Waals surface area contributed by atoms with E-state index < -0.39 is 33.8 Å². The average molecular weight is 488 g/mol. The van der Waals surface area contributed by atoms with Crippen molar-refractivity contribution in [3.8, 4) is 0 Å². The van der Waals surface area contributed by atoms with Crippen LogP contribution >= 0.6 is 0 Å². The lowest BCUT2D eigenvalue weighted by Crippen LogP contribution is -2.52. The van der Waals surface area contributed by atoms with Gasteiger partial charge in [-0.1, -0.05) is 44.5 Å². The number of rotatable bonds is 11. The van der Waals surface area contributed by atoms with Crippen molar-refractivity contribution in [2.24, 2.45) is 5.92 Å². The van der Waals surface area contributed by atoms with Gasteiger partial charge in [0.15, 0.2) is 0 Å². The predicted octanol–water partition coefficient (Wildman–Crippen LogP) is 1.94. The molecule has 0 bridgehead atoms. The molecule has 0 spiro atoms. The van der Waals surface area contributed by atoms with E-state index in [0.29, 0.717) is 23.1 Å². The molecule has 1 aliphatic heterocycles. The quantitative estimate of drug-likeness (QED) is 0.369. The van der Waals surface area contributed by atoms with Gasteiger partial charge in [0.2, 0.25) is 15.9 Å². The minimum atomic E-state index is -3.66. The fourth-order valence-corrected chi connectivity index (χ4v) is 4.77. The summed E-state index contributed by atoms with van der Waals surface area (Å²) in [5, 5.41) is 2.79. The molecule has 2 atom stereocenters. The van der Waals surface area contributed by atoms with Crippen molar-refractivity contribution < 1.29 is 27.5 Å². The number of carbonyl (C=O) groups is 3. The summed E-state index contributed by atoms with van der Waals surface area (Å²) in [7, 11) is -2.17. The summed E-state index contributed by atoms with van der Waals surface area (Å²) in [6, 6.07) is 11.7. The Morgan fingerprint density at radius 2 is 1.62 bits per heavy atom. The van der Waals surface area contributed by atoms with E-state index in [1.54, 1.807) is 36.4 Å². The maximum atomic E-state index is 13.1. The van der Waals surface area contributed by atoms with Crippen molar-refractivity contribution in [1.82, 2.24) is 14.9 Å². The third kappa shape index (κ3) is 5.35. The molecule has 9 nitrogen and oxygen atoms in total. The van der Waals surface area contributed by atoms with Gasteiger partial charge in [-0.2, -0.15) is 0 Å². The molecule has 0 radical (unpaired) electrons. The van der Waals surface area contributed by atoms with Crippen LogP contribution in [0.25, 0.3) is 0 Å². The Balaban J connectivity index is 1.71. The molecule has 3 amide bonds.